The van der Waals surface area contributed by atoms with Crippen LogP contribution in [-0.2, 0) is 4.74 Å². The molecule has 0 aliphatic carbocycles. The fourth-order valence-electron chi connectivity index (χ4n) is 1.99. The van der Waals surface area contributed by atoms with Crippen LogP contribution in [0.3, 0.4) is 0 Å². The lowest BCUT2D eigenvalue weighted by atomic mass is 10.2. The van der Waals surface area contributed by atoms with Gasteiger partial charge < -0.3 is 15.4 Å². The molecule has 1 heterocycles. The number of nitrogens with two attached hydrogens (primary N) is 1. The van der Waals surface area contributed by atoms with Gasteiger partial charge >= 0.3 is 0 Å². The van der Waals surface area contributed by atoms with Crippen LogP contribution >= 0.6 is 22.6 Å². The fraction of sp³-hybridized carbons (Fsp3) is 0.500. The van der Waals surface area contributed by atoms with Gasteiger partial charge in [-0.3, -0.25) is 0 Å². The van der Waals surface area contributed by atoms with Crippen LogP contribution in [0.5, 0.6) is 0 Å². The number of hydrogen-bond donors (Lipinski definition) is 1. The molecule has 0 bridgehead atoms. The third kappa shape index (κ3) is 2.79. The summed E-state index contributed by atoms with van der Waals surface area (Å²) in [5, 5.41) is 0. The van der Waals surface area contributed by atoms with E-state index in [0.29, 0.717) is 6.10 Å². The minimum absolute atomic E-state index is 0.302. The molecule has 0 aromatic heterocycles. The molecule has 1 unspecified atom stereocenters. The molecular weight excluding hydrogens is 315 g/mol. The molecule has 88 valence electrons. The van der Waals surface area contributed by atoms with Gasteiger partial charge in [0.05, 0.1) is 11.8 Å². The molecule has 0 saturated carbocycles. The van der Waals surface area contributed by atoms with Crippen molar-refractivity contribution in [3.05, 3.63) is 21.8 Å². The lowest BCUT2D eigenvalue weighted by molar-refractivity contribution is 0.0821. The van der Waals surface area contributed by atoms with Crippen LogP contribution in [0.1, 0.15) is 13.3 Å². The van der Waals surface area contributed by atoms with Crippen molar-refractivity contribution in [1.29, 1.82) is 0 Å². The van der Waals surface area contributed by atoms with Crippen LogP contribution in [0.4, 0.5) is 11.4 Å². The SMILES string of the molecule is CC1CN(c2ccc(N)cc2I)CCCO1. The first-order valence-corrected chi connectivity index (χ1v) is 6.66. The Balaban J connectivity index is 2.21. The van der Waals surface area contributed by atoms with Crippen LogP contribution in [-0.4, -0.2) is 25.8 Å². The van der Waals surface area contributed by atoms with Crippen molar-refractivity contribution in [2.75, 3.05) is 30.3 Å². The van der Waals surface area contributed by atoms with Crippen LogP contribution in [0.25, 0.3) is 0 Å². The molecular formula is C12H17IN2O. The molecule has 1 aromatic rings. The Hall–Kier alpha value is -0.490. The zero-order chi connectivity index (χ0) is 11.5. The quantitative estimate of drug-likeness (QED) is 0.634. The molecule has 1 aromatic carbocycles. The maximum Gasteiger partial charge on any atom is 0.0721 e. The lowest BCUT2D eigenvalue weighted by Crippen LogP contribution is -2.30. The predicted molar refractivity (Wildman–Crippen MR) is 75.8 cm³/mol. The maximum absolute atomic E-state index is 5.77. The number of hydrogen-bond acceptors (Lipinski definition) is 3. The van der Waals surface area contributed by atoms with E-state index in [9.17, 15) is 0 Å². The van der Waals surface area contributed by atoms with Gasteiger partial charge in [-0.15, -0.1) is 0 Å². The summed E-state index contributed by atoms with van der Waals surface area (Å²) < 4.78 is 6.86. The summed E-state index contributed by atoms with van der Waals surface area (Å²) in [5.74, 6) is 0. The predicted octanol–water partition coefficient (Wildman–Crippen LogP) is 2.49. The van der Waals surface area contributed by atoms with Crippen molar-refractivity contribution in [1.82, 2.24) is 0 Å². The molecule has 0 amide bonds. The van der Waals surface area contributed by atoms with Gasteiger partial charge in [-0.2, -0.15) is 0 Å². The second-order valence-electron chi connectivity index (χ2n) is 4.19. The highest BCUT2D eigenvalue weighted by atomic mass is 127. The summed E-state index contributed by atoms with van der Waals surface area (Å²) in [4.78, 5) is 2.39. The zero-order valence-corrected chi connectivity index (χ0v) is 11.6. The minimum Gasteiger partial charge on any atom is -0.399 e. The molecule has 0 radical (unpaired) electrons. The number of ether oxygens (including phenoxy) is 1. The third-order valence-corrected chi connectivity index (χ3v) is 3.63. The summed E-state index contributed by atoms with van der Waals surface area (Å²) in [5.41, 5.74) is 7.86. The van der Waals surface area contributed by atoms with Crippen molar-refractivity contribution < 1.29 is 4.74 Å². The van der Waals surface area contributed by atoms with Gasteiger partial charge in [-0.1, -0.05) is 0 Å². The number of rotatable bonds is 1. The van der Waals surface area contributed by atoms with Crippen LogP contribution < -0.4 is 10.6 Å². The zero-order valence-electron chi connectivity index (χ0n) is 9.45. The van der Waals surface area contributed by atoms with Gasteiger partial charge in [-0.05, 0) is 54.1 Å². The van der Waals surface area contributed by atoms with Gasteiger partial charge in [0.1, 0.15) is 0 Å². The van der Waals surface area contributed by atoms with Crippen LogP contribution in [0.15, 0.2) is 18.2 Å². The Labute approximate surface area is 110 Å². The Morgan fingerprint density at radius 2 is 2.31 bits per heavy atom. The van der Waals surface area contributed by atoms with E-state index in [0.717, 1.165) is 31.8 Å². The Morgan fingerprint density at radius 3 is 3.06 bits per heavy atom. The molecule has 1 saturated heterocycles. The highest BCUT2D eigenvalue weighted by molar-refractivity contribution is 14.1. The van der Waals surface area contributed by atoms with Gasteiger partial charge in [0.2, 0.25) is 0 Å². The highest BCUT2D eigenvalue weighted by Gasteiger charge is 2.17. The molecule has 1 aliphatic heterocycles. The number of anilines is 2. The topological polar surface area (TPSA) is 38.5 Å². The van der Waals surface area contributed by atoms with Crippen molar-refractivity contribution in [3.8, 4) is 0 Å². The van der Waals surface area contributed by atoms with Crippen molar-refractivity contribution in [2.45, 2.75) is 19.4 Å². The number of halogens is 1. The van der Waals surface area contributed by atoms with E-state index < -0.39 is 0 Å². The molecule has 1 fully saturated rings. The number of nitrogen functional groups attached to an aromatic ring is 1. The van der Waals surface area contributed by atoms with Gasteiger partial charge in [0, 0.05) is 29.0 Å². The van der Waals surface area contributed by atoms with E-state index in [-0.39, 0.29) is 0 Å². The Morgan fingerprint density at radius 1 is 1.50 bits per heavy atom. The van der Waals surface area contributed by atoms with E-state index in [4.69, 9.17) is 10.5 Å². The van der Waals surface area contributed by atoms with Crippen molar-refractivity contribution >= 4 is 34.0 Å². The molecule has 16 heavy (non-hydrogen) atoms. The molecule has 0 spiro atoms. The third-order valence-electron chi connectivity index (χ3n) is 2.76. The Bertz CT molecular complexity index is 370. The van der Waals surface area contributed by atoms with E-state index in [2.05, 4.69) is 40.5 Å². The van der Waals surface area contributed by atoms with Gasteiger partial charge in [0.15, 0.2) is 0 Å². The fourth-order valence-corrected chi connectivity index (χ4v) is 2.87. The summed E-state index contributed by atoms with van der Waals surface area (Å²) in [6, 6.07) is 6.09. The number of nitrogens with zero attached hydrogens (tertiary/aromatic N) is 1. The molecule has 4 heteroatoms. The second kappa shape index (κ2) is 5.23. The average molecular weight is 332 g/mol. The minimum atomic E-state index is 0.302. The first-order chi connectivity index (χ1) is 7.66. The molecule has 2 rings (SSSR count). The summed E-state index contributed by atoms with van der Waals surface area (Å²) in [6.45, 7) is 5.01. The molecule has 2 N–H and O–H groups in total. The van der Waals surface area contributed by atoms with Crippen molar-refractivity contribution in [3.63, 3.8) is 0 Å². The lowest BCUT2D eigenvalue weighted by Gasteiger charge is -2.25. The normalized spacial score (nSPS) is 21.9. The van der Waals surface area contributed by atoms with Gasteiger partial charge in [0.25, 0.3) is 0 Å². The van der Waals surface area contributed by atoms with E-state index in [1.54, 1.807) is 0 Å². The van der Waals surface area contributed by atoms with Crippen LogP contribution in [0.2, 0.25) is 0 Å². The second-order valence-corrected chi connectivity index (χ2v) is 5.35. The monoisotopic (exact) mass is 332 g/mol. The summed E-state index contributed by atoms with van der Waals surface area (Å²) >= 11 is 2.35. The largest absolute Gasteiger partial charge is 0.399 e. The van der Waals surface area contributed by atoms with Crippen LogP contribution in [0, 0.1) is 3.57 Å². The standard InChI is InChI=1S/C12H17IN2O/c1-9-8-15(5-2-6-16-9)12-4-3-10(14)7-11(12)13/h3-4,7,9H,2,5-6,8,14H2,1H3. The molecule has 1 atom stereocenters. The Kier molecular flexibility index (Phi) is 3.91. The summed E-state index contributed by atoms with van der Waals surface area (Å²) in [7, 11) is 0. The molecule has 3 nitrogen and oxygen atoms in total. The summed E-state index contributed by atoms with van der Waals surface area (Å²) in [6.07, 6.45) is 1.39. The van der Waals surface area contributed by atoms with E-state index in [1.807, 2.05) is 12.1 Å². The van der Waals surface area contributed by atoms with Crippen molar-refractivity contribution in [2.24, 2.45) is 0 Å². The van der Waals surface area contributed by atoms with E-state index >= 15 is 0 Å². The van der Waals surface area contributed by atoms with Gasteiger partial charge in [-0.25, -0.2) is 0 Å². The molecule has 1 aliphatic rings. The highest BCUT2D eigenvalue weighted by Crippen LogP contribution is 2.26. The number of benzene rings is 1. The van der Waals surface area contributed by atoms with E-state index in [1.165, 1.54) is 9.26 Å². The average Bonchev–Trinajstić information content (AvgIpc) is 2.43. The first kappa shape index (κ1) is 12.0. The smallest absolute Gasteiger partial charge is 0.0721 e. The first-order valence-electron chi connectivity index (χ1n) is 5.58. The maximum atomic E-state index is 5.77.